The number of rotatable bonds is 0. The summed E-state index contributed by atoms with van der Waals surface area (Å²) in [7, 11) is 0. The minimum absolute atomic E-state index is 0.114. The van der Waals surface area contributed by atoms with Crippen molar-refractivity contribution in [2.45, 2.75) is 0 Å². The normalized spacial score (nSPS) is 12.1. The number of nitrogens with one attached hydrogen (secondary N) is 2. The maximum atomic E-state index is 6.84. The van der Waals surface area contributed by atoms with E-state index in [1.807, 2.05) is 87.2 Å². The second-order valence-corrected chi connectivity index (χ2v) is 12.8. The molecule has 13 heteroatoms. The summed E-state index contributed by atoms with van der Waals surface area (Å²) in [5.74, 6) is 1.88. The molecule has 45 heavy (non-hydrogen) atoms. The number of H-pyrrole nitrogens is 2. The van der Waals surface area contributed by atoms with Gasteiger partial charge >= 0.3 is 281 Å². The van der Waals surface area contributed by atoms with Gasteiger partial charge in [0.2, 0.25) is 0 Å². The molecule has 0 fully saturated rings. The Morgan fingerprint density at radius 2 is 0.889 bits per heavy atom. The first kappa shape index (κ1) is 27.4. The summed E-state index contributed by atoms with van der Waals surface area (Å²) >= 11 is 28.8. The standard InChI is InChI=1S/C32H13Cl4N8.Ti/c33-21-19-20(22(34)24(36)23(21)35)32-43-30-18-12-6-4-10-16(18)28(41-30)39-26-14-8-2-1-7-13(14)25(37-26)38-27-15-9-3-5-11-17(15)29(40-27)42-31(19)44-32;/h1-11H,(H2,37,38,39,40,41,42,43,44);. The van der Waals surface area contributed by atoms with Crippen molar-refractivity contribution < 1.29 is 20.4 Å². The monoisotopic (exact) mass is 697 g/mol. The molecule has 8 nitrogen and oxygen atoms in total. The van der Waals surface area contributed by atoms with E-state index in [4.69, 9.17) is 76.3 Å². The number of halogens is 4. The van der Waals surface area contributed by atoms with Gasteiger partial charge in [0.25, 0.3) is 0 Å². The third kappa shape index (κ3) is 4.04. The van der Waals surface area contributed by atoms with E-state index in [9.17, 15) is 0 Å². The third-order valence-corrected chi connectivity index (χ3v) is 10.3. The SMILES string of the molecule is Clc1c(Cl)c(Cl)c2c3nc4nc(nc5[nH]c(nc6nc(nc([nH]3)c2c1Cl)-c1ccccc1-6)c1ccccc51)-c1ccc[c]([Ti])c1-4. The first-order chi connectivity index (χ1) is 21.9. The molecule has 2 aliphatic rings. The summed E-state index contributed by atoms with van der Waals surface area (Å²) in [6, 6.07) is 21.7. The van der Waals surface area contributed by atoms with Crippen LogP contribution in [0.25, 0.3) is 89.7 Å². The number of hydrogen-bond donors (Lipinski definition) is 2. The summed E-state index contributed by atoms with van der Waals surface area (Å²) in [6.07, 6.45) is 0. The molecule has 213 valence electrons. The molecule has 7 aromatic rings. The Balaban J connectivity index is 1.55. The topological polar surface area (TPSA) is 109 Å². The van der Waals surface area contributed by atoms with Crippen molar-refractivity contribution >= 4 is 94.4 Å². The van der Waals surface area contributed by atoms with Crippen molar-refractivity contribution in [3.8, 4) is 45.6 Å². The van der Waals surface area contributed by atoms with Gasteiger partial charge in [0.1, 0.15) is 0 Å². The minimum atomic E-state index is 0.114. The van der Waals surface area contributed by atoms with E-state index in [0.29, 0.717) is 56.7 Å². The predicted octanol–water partition coefficient (Wildman–Crippen LogP) is 8.65. The molecule has 2 N–H and O–H groups in total. The van der Waals surface area contributed by atoms with Gasteiger partial charge in [-0.1, -0.05) is 6.07 Å². The number of aromatic amines is 2. The molecule has 3 aromatic heterocycles. The van der Waals surface area contributed by atoms with E-state index in [2.05, 4.69) is 9.97 Å². The van der Waals surface area contributed by atoms with Gasteiger partial charge in [0.05, 0.1) is 0 Å². The van der Waals surface area contributed by atoms with E-state index in [-0.39, 0.29) is 20.1 Å². The molecule has 0 unspecified atom stereocenters. The zero-order valence-electron chi connectivity index (χ0n) is 22.5. The van der Waals surface area contributed by atoms with Crippen LogP contribution in [-0.4, -0.2) is 39.9 Å². The van der Waals surface area contributed by atoms with E-state index in [1.54, 1.807) is 0 Å². The van der Waals surface area contributed by atoms with Crippen LogP contribution in [0.5, 0.6) is 0 Å². The van der Waals surface area contributed by atoms with Crippen LogP contribution < -0.4 is 3.87 Å². The Morgan fingerprint density at radius 3 is 1.49 bits per heavy atom. The molecule has 0 aliphatic carbocycles. The van der Waals surface area contributed by atoms with Gasteiger partial charge in [-0.2, -0.15) is 0 Å². The van der Waals surface area contributed by atoms with Crippen molar-refractivity contribution in [2.75, 3.05) is 0 Å². The molecule has 0 radical (unpaired) electrons. The Hall–Kier alpha value is -3.89. The molecule has 0 spiro atoms. The van der Waals surface area contributed by atoms with Crippen LogP contribution in [0.3, 0.4) is 0 Å². The molecular weight excluding hydrogens is 686 g/mol. The number of hydrogen-bond acceptors (Lipinski definition) is 6. The number of fused-ring (bicyclic) bond motifs is 20. The number of aromatic nitrogens is 8. The molecule has 5 heterocycles. The zero-order chi connectivity index (χ0) is 30.6. The third-order valence-electron chi connectivity index (χ3n) is 7.88. The van der Waals surface area contributed by atoms with Crippen LogP contribution in [-0.2, 0) is 20.4 Å². The van der Waals surface area contributed by atoms with Gasteiger partial charge in [0, 0.05) is 0 Å². The molecule has 0 amide bonds. The van der Waals surface area contributed by atoms with Crippen molar-refractivity contribution in [3.63, 3.8) is 0 Å². The van der Waals surface area contributed by atoms with Gasteiger partial charge in [-0.05, 0) is 0 Å². The quantitative estimate of drug-likeness (QED) is 0.0932. The second kappa shape index (κ2) is 10.1. The average Bonchev–Trinajstić information content (AvgIpc) is 3.78. The van der Waals surface area contributed by atoms with Crippen LogP contribution in [0.4, 0.5) is 0 Å². The van der Waals surface area contributed by atoms with Gasteiger partial charge in [0.15, 0.2) is 0 Å². The fraction of sp³-hybridized carbons (Fsp3) is 0. The van der Waals surface area contributed by atoms with Crippen LogP contribution in [0.2, 0.25) is 20.1 Å². The molecular formula is C32H13Cl4N8Ti. The first-order valence-electron chi connectivity index (χ1n) is 13.6. The van der Waals surface area contributed by atoms with Crippen molar-refractivity contribution in [1.29, 1.82) is 0 Å². The van der Waals surface area contributed by atoms with E-state index in [0.717, 1.165) is 36.9 Å². The molecule has 2 aliphatic heterocycles. The fourth-order valence-electron chi connectivity index (χ4n) is 5.85. The van der Waals surface area contributed by atoms with Crippen molar-refractivity contribution in [2.24, 2.45) is 0 Å². The second-order valence-electron chi connectivity index (χ2n) is 10.4. The fourth-order valence-corrected chi connectivity index (χ4v) is 7.42. The summed E-state index contributed by atoms with van der Waals surface area (Å²) in [6.45, 7) is 0. The molecule has 9 rings (SSSR count). The van der Waals surface area contributed by atoms with E-state index < -0.39 is 0 Å². The van der Waals surface area contributed by atoms with E-state index >= 15 is 0 Å². The van der Waals surface area contributed by atoms with Gasteiger partial charge < -0.3 is 0 Å². The Labute approximate surface area is 285 Å². The van der Waals surface area contributed by atoms with Gasteiger partial charge in [-0.25, -0.2) is 0 Å². The Morgan fingerprint density at radius 1 is 0.444 bits per heavy atom. The van der Waals surface area contributed by atoms with E-state index in [1.165, 1.54) is 0 Å². The van der Waals surface area contributed by atoms with Crippen LogP contribution in [0.15, 0.2) is 66.7 Å². The van der Waals surface area contributed by atoms with Crippen molar-refractivity contribution in [3.05, 3.63) is 86.8 Å². The summed E-state index contributed by atoms with van der Waals surface area (Å²) < 4.78 is 0.982. The molecule has 0 atom stereocenters. The summed E-state index contributed by atoms with van der Waals surface area (Å²) in [5.41, 5.74) is 5.28. The molecule has 0 saturated carbocycles. The number of nitrogens with zero attached hydrogens (tertiary/aromatic N) is 6. The zero-order valence-corrected chi connectivity index (χ0v) is 27.1. The van der Waals surface area contributed by atoms with Crippen molar-refractivity contribution in [1.82, 2.24) is 39.9 Å². The summed E-state index contributed by atoms with van der Waals surface area (Å²) in [5, 5.41) is 3.32. The van der Waals surface area contributed by atoms with Crippen LogP contribution in [0.1, 0.15) is 0 Å². The predicted molar refractivity (Wildman–Crippen MR) is 176 cm³/mol. The Kier molecular flexibility index (Phi) is 6.13. The van der Waals surface area contributed by atoms with Crippen LogP contribution in [0, 0.1) is 0 Å². The molecule has 4 aromatic carbocycles. The maximum absolute atomic E-state index is 6.84. The number of benzene rings is 4. The van der Waals surface area contributed by atoms with Crippen LogP contribution >= 0.6 is 46.4 Å². The van der Waals surface area contributed by atoms with Gasteiger partial charge in [-0.15, -0.1) is 0 Å². The average molecular weight is 699 g/mol. The Bertz CT molecular complexity index is 2630. The summed E-state index contributed by atoms with van der Waals surface area (Å²) in [4.78, 5) is 36.5. The first-order valence-corrected chi connectivity index (χ1v) is 15.9. The molecule has 8 bridgehead atoms. The van der Waals surface area contributed by atoms with Gasteiger partial charge in [-0.3, -0.25) is 0 Å². The molecule has 0 saturated heterocycles.